The van der Waals surface area contributed by atoms with E-state index < -0.39 is 0 Å². The second-order valence-electron chi connectivity index (χ2n) is 24.7. The molecule has 0 nitrogen and oxygen atoms in total. The monoisotopic (exact) mass is 1060 g/mol. The van der Waals surface area contributed by atoms with Crippen molar-refractivity contribution in [3.63, 3.8) is 0 Å². The Hall–Kier alpha value is -2.76. The summed E-state index contributed by atoms with van der Waals surface area (Å²) in [5.74, 6) is 1.14. The third-order valence-corrected chi connectivity index (χ3v) is 23.4. The van der Waals surface area contributed by atoms with Gasteiger partial charge in [0.2, 0.25) is 0 Å². The van der Waals surface area contributed by atoms with Crippen molar-refractivity contribution >= 4 is 74.9 Å². The molecule has 7 aromatic rings. The maximum Gasteiger partial charge on any atom is 0.0463 e. The number of rotatable bonds is 33. The summed E-state index contributed by atoms with van der Waals surface area (Å²) in [4.78, 5) is 5.89. The zero-order valence-electron chi connectivity index (χ0n) is 47.8. The zero-order valence-corrected chi connectivity index (χ0v) is 51.0. The van der Waals surface area contributed by atoms with Crippen LogP contribution in [0.15, 0.2) is 60.7 Å². The molecule has 0 N–H and O–H groups in total. The molecule has 0 spiro atoms. The average molecular weight is 1070 g/mol. The molecule has 0 fully saturated rings. The van der Waals surface area contributed by atoms with Gasteiger partial charge >= 0.3 is 0 Å². The van der Waals surface area contributed by atoms with Gasteiger partial charge in [-0.2, -0.15) is 0 Å². The summed E-state index contributed by atoms with van der Waals surface area (Å²) < 4.78 is 5.82. The molecule has 0 radical (unpaired) electrons. The van der Waals surface area contributed by atoms with E-state index in [9.17, 15) is 0 Å². The second-order valence-corrected chi connectivity index (χ2v) is 29.1. The van der Waals surface area contributed by atoms with E-state index in [0.717, 1.165) is 0 Å². The lowest BCUT2D eigenvalue weighted by molar-refractivity contribution is 0.473. The summed E-state index contributed by atoms with van der Waals surface area (Å²) in [5.41, 5.74) is 12.5. The van der Waals surface area contributed by atoms with Crippen LogP contribution in [0.25, 0.3) is 61.6 Å². The van der Waals surface area contributed by atoms with Gasteiger partial charge in [-0.05, 0) is 141 Å². The quantitative estimate of drug-likeness (QED) is 0.0360. The normalized spacial score (nSPS) is 17.0. The fourth-order valence-corrected chi connectivity index (χ4v) is 18.0. The molecule has 0 saturated carbocycles. The second kappa shape index (κ2) is 26.3. The Balaban J connectivity index is 0.959. The first kappa shape index (κ1) is 56.0. The molecule has 74 heavy (non-hydrogen) atoms. The van der Waals surface area contributed by atoms with Crippen molar-refractivity contribution in [2.24, 2.45) is 0 Å². The first-order chi connectivity index (χ1) is 36.0. The largest absolute Gasteiger partial charge is 0.140 e. The Bertz CT molecular complexity index is 2860. The Morgan fingerprint density at radius 1 is 0.311 bits per heavy atom. The first-order valence-electron chi connectivity index (χ1n) is 30.9. The van der Waals surface area contributed by atoms with Crippen LogP contribution in [0.2, 0.25) is 0 Å². The summed E-state index contributed by atoms with van der Waals surface area (Å²) in [7, 11) is 0. The molecule has 2 aliphatic rings. The molecular formula is C70H96S4. The van der Waals surface area contributed by atoms with Crippen LogP contribution in [0.5, 0.6) is 0 Å². The zero-order chi connectivity index (χ0) is 51.7. The Labute approximate surface area is 467 Å². The van der Waals surface area contributed by atoms with Crippen LogP contribution in [-0.2, 0) is 10.8 Å². The molecule has 4 aromatic heterocycles. The minimum absolute atomic E-state index is 0.000397. The van der Waals surface area contributed by atoms with Crippen molar-refractivity contribution in [3.05, 3.63) is 92.7 Å². The highest BCUT2D eigenvalue weighted by Crippen LogP contribution is 2.60. The van der Waals surface area contributed by atoms with Crippen molar-refractivity contribution in [1.82, 2.24) is 0 Å². The van der Waals surface area contributed by atoms with Crippen molar-refractivity contribution in [1.29, 1.82) is 0 Å². The van der Waals surface area contributed by atoms with Crippen molar-refractivity contribution in [3.8, 4) is 32.0 Å². The smallest absolute Gasteiger partial charge is 0.0463 e. The van der Waals surface area contributed by atoms with Crippen molar-refractivity contribution in [2.75, 3.05) is 0 Å². The molecule has 0 amide bonds. The van der Waals surface area contributed by atoms with Crippen LogP contribution in [0.4, 0.5) is 0 Å². The minimum atomic E-state index is -0.0163. The van der Waals surface area contributed by atoms with Crippen LogP contribution < -0.4 is 0 Å². The summed E-state index contributed by atoms with van der Waals surface area (Å²) in [5, 5.41) is 2.89. The highest BCUT2D eigenvalue weighted by Gasteiger charge is 2.45. The van der Waals surface area contributed by atoms with Gasteiger partial charge in [-0.3, -0.25) is 0 Å². The third kappa shape index (κ3) is 12.7. The molecule has 0 bridgehead atoms. The summed E-state index contributed by atoms with van der Waals surface area (Å²) in [6.07, 6.45) is 41.8. The molecule has 400 valence electrons. The Kier molecular flexibility index (Phi) is 19.9. The fourth-order valence-electron chi connectivity index (χ4n) is 13.4. The topological polar surface area (TPSA) is 0 Å². The van der Waals surface area contributed by atoms with Crippen LogP contribution >= 0.6 is 45.3 Å². The van der Waals surface area contributed by atoms with E-state index >= 15 is 0 Å². The molecule has 4 heterocycles. The lowest BCUT2D eigenvalue weighted by Gasteiger charge is -2.30. The molecule has 2 unspecified atom stereocenters. The van der Waals surface area contributed by atoms with Crippen LogP contribution in [0, 0.1) is 0 Å². The predicted molar refractivity (Wildman–Crippen MR) is 338 cm³/mol. The minimum Gasteiger partial charge on any atom is -0.140 e. The number of fused-ring (bicyclic) bond motifs is 9. The first-order valence-corrected chi connectivity index (χ1v) is 34.2. The van der Waals surface area contributed by atoms with Crippen molar-refractivity contribution in [2.45, 2.75) is 271 Å². The average Bonchev–Trinajstić information content (AvgIpc) is 4.28. The molecule has 0 aliphatic heterocycles. The molecule has 4 heteroatoms. The van der Waals surface area contributed by atoms with Gasteiger partial charge in [0.25, 0.3) is 0 Å². The highest BCUT2D eigenvalue weighted by molar-refractivity contribution is 7.32. The standard InChI is InChI=1S/C70H96S4/c1-9-11-13-15-17-19-21-23-25-27-29-31-33-35-37-69(7)57-39-51-41-61(49(3)4)71-63(51)45-55(57)53-43-60-54(44-59(53)69)56-46-64-52(42-65(73-64)67-48-68-66(74-67)47-62(72-68)50(5)6)40-58(56)70(60,8)38-36-34-32-30-28-26-24-22-20-18-16-14-12-10-2/h39-50H,9-38H2,1-8H3. The molecule has 2 atom stereocenters. The summed E-state index contributed by atoms with van der Waals surface area (Å²) >= 11 is 8.05. The van der Waals surface area contributed by atoms with E-state index in [-0.39, 0.29) is 10.8 Å². The molecule has 3 aromatic carbocycles. The number of hydrogen-bond donors (Lipinski definition) is 0. The van der Waals surface area contributed by atoms with Gasteiger partial charge in [0, 0.05) is 49.1 Å². The van der Waals surface area contributed by atoms with E-state index in [4.69, 9.17) is 0 Å². The van der Waals surface area contributed by atoms with E-state index in [2.05, 4.69) is 116 Å². The molecule has 2 aliphatic carbocycles. The lowest BCUT2D eigenvalue weighted by Crippen LogP contribution is -2.22. The summed E-state index contributed by atoms with van der Waals surface area (Å²) in [6, 6.07) is 26.1. The molecule has 9 rings (SSSR count). The maximum absolute atomic E-state index is 2.76. The van der Waals surface area contributed by atoms with E-state index in [1.54, 1.807) is 22.3 Å². The number of benzene rings is 3. The molecule has 0 saturated heterocycles. The molecular weight excluding hydrogens is 969 g/mol. The van der Waals surface area contributed by atoms with Gasteiger partial charge in [-0.15, -0.1) is 45.3 Å². The third-order valence-electron chi connectivity index (χ3n) is 18.1. The van der Waals surface area contributed by atoms with Gasteiger partial charge in [0.05, 0.1) is 0 Å². The predicted octanol–water partition coefficient (Wildman–Crippen LogP) is 25.6. The van der Waals surface area contributed by atoms with Crippen LogP contribution in [-0.4, -0.2) is 0 Å². The number of unbranched alkanes of at least 4 members (excludes halogenated alkanes) is 26. The Morgan fingerprint density at radius 2 is 0.622 bits per heavy atom. The van der Waals surface area contributed by atoms with Gasteiger partial charge in [0.1, 0.15) is 0 Å². The van der Waals surface area contributed by atoms with Crippen molar-refractivity contribution < 1.29 is 0 Å². The van der Waals surface area contributed by atoms with E-state index in [1.165, 1.54) is 264 Å². The van der Waals surface area contributed by atoms with E-state index in [0.29, 0.717) is 11.8 Å². The Morgan fingerprint density at radius 3 is 1.04 bits per heavy atom. The van der Waals surface area contributed by atoms with Gasteiger partial charge < -0.3 is 0 Å². The summed E-state index contributed by atoms with van der Waals surface area (Å²) in [6.45, 7) is 19.3. The maximum atomic E-state index is 2.76. The number of hydrogen-bond acceptors (Lipinski definition) is 4. The number of thiophene rings is 4. The van der Waals surface area contributed by atoms with Crippen LogP contribution in [0.3, 0.4) is 0 Å². The highest BCUT2D eigenvalue weighted by atomic mass is 32.1. The lowest BCUT2D eigenvalue weighted by atomic mass is 9.73. The SMILES string of the molecule is CCCCCCCCCCCCCCCCC1(C)c2cc3c(cc2-c2cc4sc(-c5cc6sc(C(C)C)cc6s5)cc4cc21)C(C)(CCCCCCCCCCCCCCCC)c1cc2cc(C(C)C)sc2cc1-3. The van der Waals surface area contributed by atoms with Gasteiger partial charge in [0.15, 0.2) is 0 Å². The fraction of sp³-hybridized carbons (Fsp3) is 0.600. The van der Waals surface area contributed by atoms with Gasteiger partial charge in [-0.1, -0.05) is 235 Å². The van der Waals surface area contributed by atoms with Gasteiger partial charge in [-0.25, -0.2) is 0 Å². The van der Waals surface area contributed by atoms with E-state index in [1.807, 2.05) is 45.3 Å². The van der Waals surface area contributed by atoms with Crippen LogP contribution in [0.1, 0.15) is 292 Å².